The monoisotopic (exact) mass is 311 g/mol. The molecule has 4 rings (SSSR count). The minimum Gasteiger partial charge on any atom is -0.341 e. The third-order valence-corrected chi connectivity index (χ3v) is 4.62. The number of aromatic nitrogens is 1. The van der Waals surface area contributed by atoms with Crippen molar-refractivity contribution in [2.75, 3.05) is 0 Å². The second kappa shape index (κ2) is 6.01. The Morgan fingerprint density at radius 3 is 2.29 bits per heavy atom. The first-order valence-electron chi connectivity index (χ1n) is 8.52. The van der Waals surface area contributed by atoms with Crippen LogP contribution in [0.5, 0.6) is 0 Å². The molecular formula is C23H21N. The van der Waals surface area contributed by atoms with Crippen LogP contribution in [0.3, 0.4) is 0 Å². The molecule has 0 spiro atoms. The molecule has 1 nitrogen and oxygen atoms in total. The van der Waals surface area contributed by atoms with Gasteiger partial charge in [0.2, 0.25) is 0 Å². The summed E-state index contributed by atoms with van der Waals surface area (Å²) in [7, 11) is 0. The standard InChI is InChI=1S/C23H21N/c1-3-24-22-10-5-4-9-20(22)21-16-19(13-14-23(21)24)12-11-18-8-6-7-17(2)15-18/h4-16H,3H2,1-2H3. The van der Waals surface area contributed by atoms with Crippen LogP contribution in [0.15, 0.2) is 66.7 Å². The average molecular weight is 311 g/mol. The number of rotatable bonds is 3. The molecule has 1 aromatic heterocycles. The summed E-state index contributed by atoms with van der Waals surface area (Å²) >= 11 is 0. The summed E-state index contributed by atoms with van der Waals surface area (Å²) < 4.78 is 2.39. The molecule has 3 aromatic carbocycles. The fourth-order valence-electron chi connectivity index (χ4n) is 3.48. The molecule has 0 aliphatic carbocycles. The van der Waals surface area contributed by atoms with Crippen molar-refractivity contribution in [2.24, 2.45) is 0 Å². The largest absolute Gasteiger partial charge is 0.341 e. The van der Waals surface area contributed by atoms with Gasteiger partial charge >= 0.3 is 0 Å². The van der Waals surface area contributed by atoms with Crippen LogP contribution < -0.4 is 0 Å². The normalized spacial score (nSPS) is 11.8. The number of aryl methyl sites for hydroxylation is 2. The highest BCUT2D eigenvalue weighted by atomic mass is 15.0. The molecule has 0 aliphatic heterocycles. The number of hydrogen-bond acceptors (Lipinski definition) is 0. The average Bonchev–Trinajstić information content (AvgIpc) is 2.93. The Kier molecular flexibility index (Phi) is 3.70. The molecule has 0 radical (unpaired) electrons. The summed E-state index contributed by atoms with van der Waals surface area (Å²) in [5.41, 5.74) is 6.40. The first-order valence-corrected chi connectivity index (χ1v) is 8.52. The molecule has 4 aromatic rings. The van der Waals surface area contributed by atoms with Crippen LogP contribution in [0, 0.1) is 6.92 Å². The summed E-state index contributed by atoms with van der Waals surface area (Å²) in [6.45, 7) is 5.32. The Morgan fingerprint density at radius 1 is 0.750 bits per heavy atom. The van der Waals surface area contributed by atoms with Crippen molar-refractivity contribution in [1.29, 1.82) is 0 Å². The van der Waals surface area contributed by atoms with Crippen molar-refractivity contribution in [3.8, 4) is 0 Å². The maximum absolute atomic E-state index is 2.39. The van der Waals surface area contributed by atoms with Gasteiger partial charge in [0.25, 0.3) is 0 Å². The van der Waals surface area contributed by atoms with E-state index in [1.165, 1.54) is 38.5 Å². The predicted octanol–water partition coefficient (Wildman–Crippen LogP) is 6.29. The van der Waals surface area contributed by atoms with E-state index in [9.17, 15) is 0 Å². The van der Waals surface area contributed by atoms with Crippen LogP contribution in [0.25, 0.3) is 34.0 Å². The van der Waals surface area contributed by atoms with E-state index >= 15 is 0 Å². The van der Waals surface area contributed by atoms with E-state index in [0.717, 1.165) is 6.54 Å². The minimum atomic E-state index is 0.989. The van der Waals surface area contributed by atoms with Gasteiger partial charge in [0.1, 0.15) is 0 Å². The Labute approximate surface area is 142 Å². The van der Waals surface area contributed by atoms with E-state index in [0.29, 0.717) is 0 Å². The first kappa shape index (κ1) is 14.8. The molecule has 0 unspecified atom stereocenters. The van der Waals surface area contributed by atoms with E-state index in [1.54, 1.807) is 0 Å². The minimum absolute atomic E-state index is 0.989. The Bertz CT molecular complexity index is 1050. The number of benzene rings is 3. The van der Waals surface area contributed by atoms with Crippen LogP contribution in [-0.4, -0.2) is 4.57 Å². The Morgan fingerprint density at radius 2 is 1.50 bits per heavy atom. The van der Waals surface area contributed by atoms with Crippen LogP contribution in [-0.2, 0) is 6.54 Å². The molecule has 0 saturated heterocycles. The molecule has 0 saturated carbocycles. The number of fused-ring (bicyclic) bond motifs is 3. The van der Waals surface area contributed by atoms with E-state index in [-0.39, 0.29) is 0 Å². The summed E-state index contributed by atoms with van der Waals surface area (Å²) in [5, 5.41) is 2.67. The predicted molar refractivity (Wildman–Crippen MR) is 105 cm³/mol. The topological polar surface area (TPSA) is 4.93 Å². The van der Waals surface area contributed by atoms with Gasteiger partial charge in [0.05, 0.1) is 0 Å². The highest BCUT2D eigenvalue weighted by Gasteiger charge is 2.08. The van der Waals surface area contributed by atoms with E-state index in [2.05, 4.69) is 97.3 Å². The van der Waals surface area contributed by atoms with Gasteiger partial charge in [-0.2, -0.15) is 0 Å². The fraction of sp³-hybridized carbons (Fsp3) is 0.130. The van der Waals surface area contributed by atoms with Crippen LogP contribution in [0.1, 0.15) is 23.6 Å². The number of hydrogen-bond donors (Lipinski definition) is 0. The van der Waals surface area contributed by atoms with Crippen molar-refractivity contribution >= 4 is 34.0 Å². The molecule has 24 heavy (non-hydrogen) atoms. The van der Waals surface area contributed by atoms with Crippen molar-refractivity contribution < 1.29 is 0 Å². The summed E-state index contributed by atoms with van der Waals surface area (Å²) in [4.78, 5) is 0. The maximum Gasteiger partial charge on any atom is 0.0491 e. The van der Waals surface area contributed by atoms with Crippen LogP contribution in [0.4, 0.5) is 0 Å². The molecule has 0 atom stereocenters. The van der Waals surface area contributed by atoms with Gasteiger partial charge in [-0.05, 0) is 43.2 Å². The van der Waals surface area contributed by atoms with Gasteiger partial charge < -0.3 is 4.57 Å². The fourth-order valence-corrected chi connectivity index (χ4v) is 3.48. The van der Waals surface area contributed by atoms with Gasteiger partial charge in [0.15, 0.2) is 0 Å². The zero-order chi connectivity index (χ0) is 16.5. The lowest BCUT2D eigenvalue weighted by Gasteiger charge is -2.02. The lowest BCUT2D eigenvalue weighted by atomic mass is 10.1. The van der Waals surface area contributed by atoms with Gasteiger partial charge in [-0.1, -0.05) is 66.2 Å². The maximum atomic E-state index is 2.39. The van der Waals surface area contributed by atoms with Gasteiger partial charge in [0, 0.05) is 28.4 Å². The second-order valence-electron chi connectivity index (χ2n) is 6.29. The molecule has 1 heteroatoms. The Balaban J connectivity index is 1.82. The van der Waals surface area contributed by atoms with E-state index in [1.807, 2.05) is 0 Å². The lowest BCUT2D eigenvalue weighted by molar-refractivity contribution is 0.827. The molecule has 0 aliphatic rings. The van der Waals surface area contributed by atoms with E-state index < -0.39 is 0 Å². The summed E-state index contributed by atoms with van der Waals surface area (Å²) in [6.07, 6.45) is 4.39. The van der Waals surface area contributed by atoms with Gasteiger partial charge in [-0.25, -0.2) is 0 Å². The SMILES string of the molecule is CCn1c2ccccc2c2cc(C=Cc3cccc(C)c3)ccc21. The summed E-state index contributed by atoms with van der Waals surface area (Å²) in [6, 6.07) is 24.0. The molecule has 0 fully saturated rings. The lowest BCUT2D eigenvalue weighted by Crippen LogP contribution is -1.92. The van der Waals surface area contributed by atoms with Crippen LogP contribution in [0.2, 0.25) is 0 Å². The van der Waals surface area contributed by atoms with Crippen LogP contribution >= 0.6 is 0 Å². The van der Waals surface area contributed by atoms with Crippen molar-refractivity contribution in [2.45, 2.75) is 20.4 Å². The van der Waals surface area contributed by atoms with E-state index in [4.69, 9.17) is 0 Å². The molecule has 118 valence electrons. The van der Waals surface area contributed by atoms with Gasteiger partial charge in [-0.15, -0.1) is 0 Å². The third kappa shape index (κ3) is 2.52. The summed E-state index contributed by atoms with van der Waals surface area (Å²) in [5.74, 6) is 0. The highest BCUT2D eigenvalue weighted by molar-refractivity contribution is 6.08. The zero-order valence-corrected chi connectivity index (χ0v) is 14.2. The first-order chi connectivity index (χ1) is 11.8. The van der Waals surface area contributed by atoms with Crippen molar-refractivity contribution in [3.05, 3.63) is 83.4 Å². The number of para-hydroxylation sites is 1. The third-order valence-electron chi connectivity index (χ3n) is 4.62. The smallest absolute Gasteiger partial charge is 0.0491 e. The molecule has 0 amide bonds. The molecule has 0 N–H and O–H groups in total. The highest BCUT2D eigenvalue weighted by Crippen LogP contribution is 2.30. The van der Waals surface area contributed by atoms with Gasteiger partial charge in [-0.3, -0.25) is 0 Å². The quantitative estimate of drug-likeness (QED) is 0.392. The second-order valence-corrected chi connectivity index (χ2v) is 6.29. The number of nitrogens with zero attached hydrogens (tertiary/aromatic N) is 1. The zero-order valence-electron chi connectivity index (χ0n) is 14.2. The Hall–Kier alpha value is -2.80. The molecular weight excluding hydrogens is 290 g/mol. The van der Waals surface area contributed by atoms with Crippen molar-refractivity contribution in [1.82, 2.24) is 4.57 Å². The molecule has 0 bridgehead atoms. The van der Waals surface area contributed by atoms with Crippen molar-refractivity contribution in [3.63, 3.8) is 0 Å². The molecule has 1 heterocycles.